The summed E-state index contributed by atoms with van der Waals surface area (Å²) in [5.41, 5.74) is 9.22. The van der Waals surface area contributed by atoms with Crippen LogP contribution in [0.15, 0.2) is 48.5 Å². The van der Waals surface area contributed by atoms with E-state index in [1.807, 2.05) is 18.2 Å². The van der Waals surface area contributed by atoms with E-state index in [9.17, 15) is 0 Å². The van der Waals surface area contributed by atoms with Crippen molar-refractivity contribution in [2.75, 3.05) is 6.54 Å². The molecule has 2 aromatic rings. The molecule has 1 nitrogen and oxygen atoms in total. The molecule has 0 spiro atoms. The van der Waals surface area contributed by atoms with Gasteiger partial charge in [0, 0.05) is 5.02 Å². The summed E-state index contributed by atoms with van der Waals surface area (Å²) in [5, 5.41) is 0.773. The number of benzene rings is 2. The molecule has 0 bridgehead atoms. The lowest BCUT2D eigenvalue weighted by Gasteiger charge is -2.05. The van der Waals surface area contributed by atoms with Crippen LogP contribution in [-0.4, -0.2) is 6.54 Å². The summed E-state index contributed by atoms with van der Waals surface area (Å²) in [6.07, 6.45) is 2.06. The number of rotatable bonds is 4. The second-order valence-corrected chi connectivity index (χ2v) is 4.54. The Morgan fingerprint density at radius 1 is 0.941 bits per heavy atom. The standard InChI is InChI=1S/C15H16ClN/c16-15-8-2-7-14(11-15)13-6-1-4-12(10-13)5-3-9-17/h1-2,4,6-8,10-11H,3,5,9,17H2. The van der Waals surface area contributed by atoms with Gasteiger partial charge >= 0.3 is 0 Å². The molecule has 0 radical (unpaired) electrons. The SMILES string of the molecule is NCCCc1cccc(-c2cccc(Cl)c2)c1. The van der Waals surface area contributed by atoms with E-state index in [0.717, 1.165) is 30.0 Å². The maximum absolute atomic E-state index is 6.00. The quantitative estimate of drug-likeness (QED) is 0.869. The van der Waals surface area contributed by atoms with Gasteiger partial charge in [0.25, 0.3) is 0 Å². The van der Waals surface area contributed by atoms with Crippen LogP contribution < -0.4 is 5.73 Å². The predicted molar refractivity (Wildman–Crippen MR) is 74.3 cm³/mol. The third kappa shape index (κ3) is 3.32. The molecule has 88 valence electrons. The van der Waals surface area contributed by atoms with Crippen LogP contribution in [0.2, 0.25) is 5.02 Å². The van der Waals surface area contributed by atoms with Crippen LogP contribution in [0.5, 0.6) is 0 Å². The third-order valence-corrected chi connectivity index (χ3v) is 2.99. The number of nitrogens with two attached hydrogens (primary N) is 1. The van der Waals surface area contributed by atoms with Gasteiger partial charge in [-0.05, 0) is 48.2 Å². The van der Waals surface area contributed by atoms with E-state index < -0.39 is 0 Å². The molecule has 0 heterocycles. The van der Waals surface area contributed by atoms with E-state index >= 15 is 0 Å². The normalized spacial score (nSPS) is 10.5. The maximum Gasteiger partial charge on any atom is 0.0412 e. The minimum absolute atomic E-state index is 0.737. The fourth-order valence-corrected chi connectivity index (χ4v) is 2.07. The van der Waals surface area contributed by atoms with Gasteiger partial charge in [0.1, 0.15) is 0 Å². The minimum atomic E-state index is 0.737. The Bertz CT molecular complexity index is 494. The van der Waals surface area contributed by atoms with Gasteiger partial charge in [-0.2, -0.15) is 0 Å². The Morgan fingerprint density at radius 2 is 1.65 bits per heavy atom. The zero-order chi connectivity index (χ0) is 12.1. The van der Waals surface area contributed by atoms with Gasteiger partial charge in [-0.3, -0.25) is 0 Å². The molecular weight excluding hydrogens is 230 g/mol. The van der Waals surface area contributed by atoms with E-state index in [-0.39, 0.29) is 0 Å². The first kappa shape index (κ1) is 12.2. The molecule has 17 heavy (non-hydrogen) atoms. The molecule has 0 saturated carbocycles. The van der Waals surface area contributed by atoms with Crippen molar-refractivity contribution in [3.8, 4) is 11.1 Å². The van der Waals surface area contributed by atoms with E-state index in [0.29, 0.717) is 0 Å². The molecule has 2 aromatic carbocycles. The second kappa shape index (κ2) is 5.85. The molecular formula is C15H16ClN. The summed E-state index contributed by atoms with van der Waals surface area (Å²) >= 11 is 6.00. The number of hydrogen-bond acceptors (Lipinski definition) is 1. The molecule has 2 rings (SSSR count). The van der Waals surface area contributed by atoms with Crippen LogP contribution in [0.1, 0.15) is 12.0 Å². The van der Waals surface area contributed by atoms with Crippen molar-refractivity contribution in [2.24, 2.45) is 5.73 Å². The lowest BCUT2D eigenvalue weighted by Crippen LogP contribution is -2.00. The van der Waals surface area contributed by atoms with Crippen molar-refractivity contribution in [1.29, 1.82) is 0 Å². The predicted octanol–water partition coefficient (Wildman–Crippen LogP) is 3.90. The van der Waals surface area contributed by atoms with Crippen LogP contribution in [0, 0.1) is 0 Å². The van der Waals surface area contributed by atoms with Crippen molar-refractivity contribution in [2.45, 2.75) is 12.8 Å². The summed E-state index contributed by atoms with van der Waals surface area (Å²) in [5.74, 6) is 0. The molecule has 0 fully saturated rings. The molecule has 0 unspecified atom stereocenters. The smallest absolute Gasteiger partial charge is 0.0412 e. The van der Waals surface area contributed by atoms with Crippen molar-refractivity contribution in [3.63, 3.8) is 0 Å². The highest BCUT2D eigenvalue weighted by molar-refractivity contribution is 6.30. The molecule has 0 amide bonds. The van der Waals surface area contributed by atoms with Crippen LogP contribution in [0.25, 0.3) is 11.1 Å². The third-order valence-electron chi connectivity index (χ3n) is 2.75. The van der Waals surface area contributed by atoms with Crippen LogP contribution in [0.4, 0.5) is 0 Å². The molecule has 0 aliphatic heterocycles. The van der Waals surface area contributed by atoms with E-state index in [1.54, 1.807) is 0 Å². The molecule has 0 atom stereocenters. The van der Waals surface area contributed by atoms with E-state index in [1.165, 1.54) is 11.1 Å². The van der Waals surface area contributed by atoms with E-state index in [4.69, 9.17) is 17.3 Å². The van der Waals surface area contributed by atoms with Gasteiger partial charge in [0.15, 0.2) is 0 Å². The van der Waals surface area contributed by atoms with Crippen molar-refractivity contribution < 1.29 is 0 Å². The summed E-state index contributed by atoms with van der Waals surface area (Å²) in [7, 11) is 0. The molecule has 0 aliphatic carbocycles. The van der Waals surface area contributed by atoms with Gasteiger partial charge in [-0.15, -0.1) is 0 Å². The van der Waals surface area contributed by atoms with Crippen molar-refractivity contribution in [1.82, 2.24) is 0 Å². The van der Waals surface area contributed by atoms with Crippen LogP contribution in [-0.2, 0) is 6.42 Å². The highest BCUT2D eigenvalue weighted by Crippen LogP contribution is 2.23. The lowest BCUT2D eigenvalue weighted by molar-refractivity contribution is 0.833. The molecule has 0 aromatic heterocycles. The van der Waals surface area contributed by atoms with Crippen molar-refractivity contribution in [3.05, 3.63) is 59.1 Å². The largest absolute Gasteiger partial charge is 0.330 e. The monoisotopic (exact) mass is 245 g/mol. The summed E-state index contributed by atoms with van der Waals surface area (Å²) in [6, 6.07) is 16.5. The second-order valence-electron chi connectivity index (χ2n) is 4.10. The maximum atomic E-state index is 6.00. The lowest BCUT2D eigenvalue weighted by atomic mass is 10.0. The first-order chi connectivity index (χ1) is 8.29. The minimum Gasteiger partial charge on any atom is -0.330 e. The van der Waals surface area contributed by atoms with Crippen LogP contribution >= 0.6 is 11.6 Å². The van der Waals surface area contributed by atoms with E-state index in [2.05, 4.69) is 30.3 Å². The topological polar surface area (TPSA) is 26.0 Å². The first-order valence-electron chi connectivity index (χ1n) is 5.84. The molecule has 2 N–H and O–H groups in total. The van der Waals surface area contributed by atoms with Crippen LogP contribution in [0.3, 0.4) is 0 Å². The summed E-state index contributed by atoms with van der Waals surface area (Å²) in [6.45, 7) is 0.737. The highest BCUT2D eigenvalue weighted by atomic mass is 35.5. The zero-order valence-corrected chi connectivity index (χ0v) is 10.5. The van der Waals surface area contributed by atoms with Gasteiger partial charge in [-0.1, -0.05) is 48.0 Å². The molecule has 2 heteroatoms. The Morgan fingerprint density at radius 3 is 2.35 bits per heavy atom. The average Bonchev–Trinajstić information content (AvgIpc) is 2.37. The van der Waals surface area contributed by atoms with Gasteiger partial charge in [0.05, 0.1) is 0 Å². The van der Waals surface area contributed by atoms with Crippen molar-refractivity contribution >= 4 is 11.6 Å². The van der Waals surface area contributed by atoms with Gasteiger partial charge in [-0.25, -0.2) is 0 Å². The summed E-state index contributed by atoms with van der Waals surface area (Å²) in [4.78, 5) is 0. The molecule has 0 saturated heterocycles. The fourth-order valence-electron chi connectivity index (χ4n) is 1.88. The van der Waals surface area contributed by atoms with Gasteiger partial charge < -0.3 is 5.73 Å². The Balaban J connectivity index is 2.26. The number of hydrogen-bond donors (Lipinski definition) is 1. The Labute approximate surface area is 107 Å². The van der Waals surface area contributed by atoms with Gasteiger partial charge in [0.2, 0.25) is 0 Å². The summed E-state index contributed by atoms with van der Waals surface area (Å²) < 4.78 is 0. The zero-order valence-electron chi connectivity index (χ0n) is 9.70. The number of aryl methyl sites for hydroxylation is 1. The Kier molecular flexibility index (Phi) is 4.18. The first-order valence-corrected chi connectivity index (χ1v) is 6.22. The fraction of sp³-hybridized carbons (Fsp3) is 0.200. The highest BCUT2D eigenvalue weighted by Gasteiger charge is 2.00. The number of halogens is 1. The Hall–Kier alpha value is -1.31. The molecule has 0 aliphatic rings. The average molecular weight is 246 g/mol.